The van der Waals surface area contributed by atoms with E-state index in [1.165, 1.54) is 0 Å². The average Bonchev–Trinajstić information content (AvgIpc) is 2.47. The van der Waals surface area contributed by atoms with E-state index in [0.29, 0.717) is 0 Å². The van der Waals surface area contributed by atoms with Crippen LogP contribution in [-0.4, -0.2) is 9.55 Å². The maximum absolute atomic E-state index is 4.34. The molecule has 66 valence electrons. The van der Waals surface area contributed by atoms with Crippen LogP contribution < -0.4 is 0 Å². The second-order valence-electron chi connectivity index (χ2n) is 2.82. The fourth-order valence-corrected chi connectivity index (χ4v) is 1.91. The first-order chi connectivity index (χ1) is 6.27. The standard InChI is InChI=1S/C10H9IN2/c1-8-12-10(11)7-13(8)9-5-3-2-4-6-9/h2-7H,1H3. The molecule has 2 nitrogen and oxygen atoms in total. The van der Waals surface area contributed by atoms with Gasteiger partial charge in [-0.2, -0.15) is 0 Å². The van der Waals surface area contributed by atoms with Gasteiger partial charge in [0.2, 0.25) is 0 Å². The Morgan fingerprint density at radius 3 is 2.46 bits per heavy atom. The molecule has 0 amide bonds. The van der Waals surface area contributed by atoms with Gasteiger partial charge in [0.1, 0.15) is 9.53 Å². The van der Waals surface area contributed by atoms with E-state index < -0.39 is 0 Å². The fourth-order valence-electron chi connectivity index (χ4n) is 1.29. The number of nitrogens with zero attached hydrogens (tertiary/aromatic N) is 2. The molecule has 1 aromatic heterocycles. The molecule has 0 fully saturated rings. The number of aryl methyl sites for hydroxylation is 1. The monoisotopic (exact) mass is 284 g/mol. The molecular weight excluding hydrogens is 275 g/mol. The molecule has 0 saturated heterocycles. The van der Waals surface area contributed by atoms with Gasteiger partial charge in [0.05, 0.1) is 0 Å². The lowest BCUT2D eigenvalue weighted by molar-refractivity contribution is 0.975. The molecule has 2 aromatic rings. The molecule has 0 bridgehead atoms. The Morgan fingerprint density at radius 1 is 1.23 bits per heavy atom. The van der Waals surface area contributed by atoms with Crippen LogP contribution in [0, 0.1) is 10.6 Å². The van der Waals surface area contributed by atoms with Gasteiger partial charge in [0.25, 0.3) is 0 Å². The summed E-state index contributed by atoms with van der Waals surface area (Å²) in [7, 11) is 0. The molecule has 2 rings (SSSR count). The van der Waals surface area contributed by atoms with Crippen LogP contribution in [-0.2, 0) is 0 Å². The molecule has 0 radical (unpaired) electrons. The third kappa shape index (κ3) is 1.75. The minimum absolute atomic E-state index is 1.02. The molecule has 0 atom stereocenters. The van der Waals surface area contributed by atoms with E-state index in [9.17, 15) is 0 Å². The minimum Gasteiger partial charge on any atom is -0.303 e. The summed E-state index contributed by atoms with van der Waals surface area (Å²) in [6.45, 7) is 2.01. The second kappa shape index (κ2) is 3.49. The van der Waals surface area contributed by atoms with E-state index in [1.54, 1.807) is 0 Å². The summed E-state index contributed by atoms with van der Waals surface area (Å²) in [5, 5.41) is 0. The topological polar surface area (TPSA) is 17.8 Å². The van der Waals surface area contributed by atoms with Crippen molar-refractivity contribution in [2.45, 2.75) is 6.92 Å². The summed E-state index contributed by atoms with van der Waals surface area (Å²) in [5.41, 5.74) is 1.16. The van der Waals surface area contributed by atoms with Gasteiger partial charge in [0, 0.05) is 11.9 Å². The van der Waals surface area contributed by atoms with E-state index in [0.717, 1.165) is 15.2 Å². The van der Waals surface area contributed by atoms with Crippen LogP contribution in [0.1, 0.15) is 5.82 Å². The lowest BCUT2D eigenvalue weighted by atomic mass is 10.3. The Kier molecular flexibility index (Phi) is 2.35. The second-order valence-corrected chi connectivity index (χ2v) is 3.92. The van der Waals surface area contributed by atoms with Crippen LogP contribution in [0.15, 0.2) is 36.5 Å². The fraction of sp³-hybridized carbons (Fsp3) is 0.100. The van der Waals surface area contributed by atoms with E-state index in [-0.39, 0.29) is 0 Å². The Morgan fingerprint density at radius 2 is 1.92 bits per heavy atom. The molecule has 1 heterocycles. The van der Waals surface area contributed by atoms with Crippen molar-refractivity contribution in [1.29, 1.82) is 0 Å². The summed E-state index contributed by atoms with van der Waals surface area (Å²) in [4.78, 5) is 4.34. The lowest BCUT2D eigenvalue weighted by Crippen LogP contribution is -1.93. The lowest BCUT2D eigenvalue weighted by Gasteiger charge is -2.02. The Labute approximate surface area is 90.8 Å². The summed E-state index contributed by atoms with van der Waals surface area (Å²) in [6.07, 6.45) is 2.03. The zero-order chi connectivity index (χ0) is 9.26. The molecular formula is C10H9IN2. The highest BCUT2D eigenvalue weighted by Crippen LogP contribution is 2.12. The van der Waals surface area contributed by atoms with Crippen molar-refractivity contribution in [3.63, 3.8) is 0 Å². The van der Waals surface area contributed by atoms with E-state index in [4.69, 9.17) is 0 Å². The molecule has 0 unspecified atom stereocenters. The minimum atomic E-state index is 1.02. The van der Waals surface area contributed by atoms with Crippen molar-refractivity contribution < 1.29 is 0 Å². The van der Waals surface area contributed by atoms with Crippen LogP contribution in [0.25, 0.3) is 5.69 Å². The number of hydrogen-bond acceptors (Lipinski definition) is 1. The molecule has 3 heteroatoms. The predicted octanol–water partition coefficient (Wildman–Crippen LogP) is 2.79. The third-order valence-corrected chi connectivity index (χ3v) is 2.41. The Bertz CT molecular complexity index is 406. The molecule has 1 aromatic carbocycles. The molecule has 0 saturated carbocycles. The Balaban J connectivity index is 2.53. The third-order valence-electron chi connectivity index (χ3n) is 1.89. The first kappa shape index (κ1) is 8.74. The van der Waals surface area contributed by atoms with E-state index >= 15 is 0 Å². The first-order valence-electron chi connectivity index (χ1n) is 4.04. The largest absolute Gasteiger partial charge is 0.303 e. The predicted molar refractivity (Wildman–Crippen MR) is 61.0 cm³/mol. The molecule has 0 aliphatic heterocycles. The maximum Gasteiger partial charge on any atom is 0.120 e. The van der Waals surface area contributed by atoms with Crippen LogP contribution in [0.5, 0.6) is 0 Å². The zero-order valence-electron chi connectivity index (χ0n) is 7.24. The van der Waals surface area contributed by atoms with Gasteiger partial charge in [-0.15, -0.1) is 0 Å². The summed E-state index contributed by atoms with van der Waals surface area (Å²) in [5.74, 6) is 1.02. The molecule has 13 heavy (non-hydrogen) atoms. The first-order valence-corrected chi connectivity index (χ1v) is 5.12. The van der Waals surface area contributed by atoms with Crippen molar-refractivity contribution in [3.8, 4) is 5.69 Å². The number of aromatic nitrogens is 2. The highest BCUT2D eigenvalue weighted by atomic mass is 127. The number of halogens is 1. The number of hydrogen-bond donors (Lipinski definition) is 0. The van der Waals surface area contributed by atoms with Gasteiger partial charge in [0.15, 0.2) is 0 Å². The van der Waals surface area contributed by atoms with Crippen LogP contribution in [0.3, 0.4) is 0 Å². The zero-order valence-corrected chi connectivity index (χ0v) is 9.39. The average molecular weight is 284 g/mol. The van der Waals surface area contributed by atoms with Crippen molar-refractivity contribution in [2.75, 3.05) is 0 Å². The van der Waals surface area contributed by atoms with Crippen molar-refractivity contribution in [2.24, 2.45) is 0 Å². The van der Waals surface area contributed by atoms with Crippen molar-refractivity contribution in [1.82, 2.24) is 9.55 Å². The van der Waals surface area contributed by atoms with Gasteiger partial charge in [-0.05, 0) is 41.6 Å². The van der Waals surface area contributed by atoms with Gasteiger partial charge in [-0.3, -0.25) is 0 Å². The number of benzene rings is 1. The SMILES string of the molecule is Cc1nc(I)cn1-c1ccccc1. The van der Waals surface area contributed by atoms with Crippen molar-refractivity contribution >= 4 is 22.6 Å². The molecule has 0 aliphatic rings. The molecule has 0 spiro atoms. The number of imidazole rings is 1. The Hall–Kier alpha value is -0.840. The maximum atomic E-state index is 4.34. The number of rotatable bonds is 1. The van der Waals surface area contributed by atoms with Crippen molar-refractivity contribution in [3.05, 3.63) is 46.1 Å². The van der Waals surface area contributed by atoms with Crippen LogP contribution in [0.2, 0.25) is 0 Å². The molecule has 0 N–H and O–H groups in total. The quantitative estimate of drug-likeness (QED) is 0.736. The number of para-hydroxylation sites is 1. The summed E-state index contributed by atoms with van der Waals surface area (Å²) < 4.78 is 3.11. The summed E-state index contributed by atoms with van der Waals surface area (Å²) in [6, 6.07) is 10.2. The van der Waals surface area contributed by atoms with Crippen LogP contribution >= 0.6 is 22.6 Å². The van der Waals surface area contributed by atoms with Gasteiger partial charge < -0.3 is 4.57 Å². The van der Waals surface area contributed by atoms with Crippen LogP contribution in [0.4, 0.5) is 0 Å². The molecule has 0 aliphatic carbocycles. The van der Waals surface area contributed by atoms with Gasteiger partial charge in [-0.1, -0.05) is 18.2 Å². The van der Waals surface area contributed by atoms with E-state index in [1.807, 2.05) is 31.3 Å². The van der Waals surface area contributed by atoms with E-state index in [2.05, 4.69) is 44.3 Å². The highest BCUT2D eigenvalue weighted by molar-refractivity contribution is 14.1. The van der Waals surface area contributed by atoms with Gasteiger partial charge >= 0.3 is 0 Å². The smallest absolute Gasteiger partial charge is 0.120 e. The normalized spacial score (nSPS) is 10.3. The summed E-state index contributed by atoms with van der Waals surface area (Å²) >= 11 is 2.22. The van der Waals surface area contributed by atoms with Gasteiger partial charge in [-0.25, -0.2) is 4.98 Å². The highest BCUT2D eigenvalue weighted by Gasteiger charge is 2.01.